The van der Waals surface area contributed by atoms with Crippen molar-refractivity contribution in [1.82, 2.24) is 0 Å². The number of fused-ring (bicyclic) bond motifs is 1. The van der Waals surface area contributed by atoms with E-state index >= 15 is 0 Å². The van der Waals surface area contributed by atoms with Gasteiger partial charge in [-0.1, -0.05) is 43.7 Å². The molecule has 0 aliphatic carbocycles. The molecular formula is C25H32INO3. The Morgan fingerprint density at radius 1 is 1.00 bits per heavy atom. The number of quaternary nitrogens is 1. The highest BCUT2D eigenvalue weighted by Crippen LogP contribution is 2.31. The van der Waals surface area contributed by atoms with Crippen LogP contribution in [0.5, 0.6) is 5.75 Å². The van der Waals surface area contributed by atoms with Gasteiger partial charge in [0.05, 0.1) is 45.4 Å². The Balaban J connectivity index is 0.00000320. The Hall–Kier alpha value is -1.86. The summed E-state index contributed by atoms with van der Waals surface area (Å²) in [6.07, 6.45) is 3.74. The highest BCUT2D eigenvalue weighted by molar-refractivity contribution is 6.18. The number of ketones is 1. The second-order valence-corrected chi connectivity index (χ2v) is 8.54. The van der Waals surface area contributed by atoms with E-state index in [0.717, 1.165) is 53.4 Å². The van der Waals surface area contributed by atoms with Crippen molar-refractivity contribution in [3.05, 3.63) is 65.4 Å². The van der Waals surface area contributed by atoms with Crippen LogP contribution in [0, 0.1) is 0 Å². The molecule has 4 nitrogen and oxygen atoms in total. The van der Waals surface area contributed by atoms with Gasteiger partial charge in [-0.2, -0.15) is 0 Å². The van der Waals surface area contributed by atoms with Crippen LogP contribution in [0.4, 0.5) is 0 Å². The van der Waals surface area contributed by atoms with Crippen LogP contribution in [0.2, 0.25) is 0 Å². The number of benzene rings is 2. The predicted octanol–water partition coefficient (Wildman–Crippen LogP) is 2.49. The zero-order valence-corrected chi connectivity index (χ0v) is 20.6. The highest BCUT2D eigenvalue weighted by atomic mass is 127. The average Bonchev–Trinajstić information content (AvgIpc) is 3.07. The first kappa shape index (κ1) is 24.4. The van der Waals surface area contributed by atoms with E-state index in [-0.39, 0.29) is 29.8 Å². The van der Waals surface area contributed by atoms with Gasteiger partial charge in [-0.25, -0.2) is 0 Å². The molecule has 0 fully saturated rings. The summed E-state index contributed by atoms with van der Waals surface area (Å²) in [6, 6.07) is 15.3. The van der Waals surface area contributed by atoms with Crippen molar-refractivity contribution in [2.75, 3.05) is 34.3 Å². The lowest BCUT2D eigenvalue weighted by molar-refractivity contribution is -0.870. The first-order valence-electron chi connectivity index (χ1n) is 10.5. The van der Waals surface area contributed by atoms with Crippen molar-refractivity contribution in [3.8, 4) is 5.75 Å². The van der Waals surface area contributed by atoms with Crippen LogP contribution < -0.4 is 28.7 Å². The number of ether oxygens (including phenoxy) is 1. The smallest absolute Gasteiger partial charge is 0.200 e. The lowest BCUT2D eigenvalue weighted by Gasteiger charge is -2.23. The number of carbonyl (C=O) groups is 1. The summed E-state index contributed by atoms with van der Waals surface area (Å²) in [5.41, 5.74) is 2.04. The Kier molecular flexibility index (Phi) is 8.92. The number of aryl methyl sites for hydroxylation is 1. The van der Waals surface area contributed by atoms with E-state index in [1.54, 1.807) is 0 Å². The van der Waals surface area contributed by atoms with Crippen molar-refractivity contribution >= 4 is 16.8 Å². The lowest BCUT2D eigenvalue weighted by Crippen LogP contribution is -3.00. The number of furan rings is 1. The van der Waals surface area contributed by atoms with Crippen molar-refractivity contribution in [1.29, 1.82) is 0 Å². The van der Waals surface area contributed by atoms with Gasteiger partial charge in [0.2, 0.25) is 5.78 Å². The molecule has 0 aliphatic rings. The number of para-hydroxylation sites is 2. The van der Waals surface area contributed by atoms with Gasteiger partial charge in [0.15, 0.2) is 0 Å². The number of halogens is 1. The van der Waals surface area contributed by atoms with Gasteiger partial charge < -0.3 is 37.6 Å². The molecule has 3 rings (SSSR count). The second kappa shape index (κ2) is 11.0. The maximum absolute atomic E-state index is 13.6. The van der Waals surface area contributed by atoms with Crippen LogP contribution in [-0.2, 0) is 6.42 Å². The molecule has 3 aromatic rings. The van der Waals surface area contributed by atoms with Gasteiger partial charge >= 0.3 is 0 Å². The largest absolute Gasteiger partial charge is 1.00 e. The average molecular weight is 521 g/mol. The SMILES string of the molecule is CCCCc1oc2ccccc2c1C(=O)c1ccccc1OCCC[N+](C)(C)C.[I-]. The summed E-state index contributed by atoms with van der Waals surface area (Å²) < 4.78 is 13.0. The molecule has 0 amide bonds. The fourth-order valence-corrected chi connectivity index (χ4v) is 3.49. The fourth-order valence-electron chi connectivity index (χ4n) is 3.49. The van der Waals surface area contributed by atoms with E-state index in [2.05, 4.69) is 28.1 Å². The molecule has 0 saturated heterocycles. The molecule has 162 valence electrons. The van der Waals surface area contributed by atoms with Crippen molar-refractivity contribution in [2.45, 2.75) is 32.6 Å². The van der Waals surface area contributed by atoms with Crippen LogP contribution in [0.15, 0.2) is 52.9 Å². The lowest BCUT2D eigenvalue weighted by atomic mass is 9.97. The number of rotatable bonds is 10. The summed E-state index contributed by atoms with van der Waals surface area (Å²) in [5.74, 6) is 1.40. The Labute approximate surface area is 196 Å². The van der Waals surface area contributed by atoms with E-state index < -0.39 is 0 Å². The Morgan fingerprint density at radius 3 is 2.43 bits per heavy atom. The molecule has 0 aliphatic heterocycles. The summed E-state index contributed by atoms with van der Waals surface area (Å²) >= 11 is 0. The topological polar surface area (TPSA) is 39.4 Å². The normalized spacial score (nSPS) is 11.3. The van der Waals surface area contributed by atoms with Gasteiger partial charge in [-0.3, -0.25) is 4.79 Å². The van der Waals surface area contributed by atoms with Gasteiger partial charge in [0.25, 0.3) is 0 Å². The number of carbonyl (C=O) groups excluding carboxylic acids is 1. The standard InChI is InChI=1S/C25H32NO3.HI/c1-5-6-14-23-24(19-12-7-10-16-22(19)29-23)25(27)20-13-8-9-15-21(20)28-18-11-17-26(2,3)4;/h7-10,12-13,15-16H,5-6,11,14,17-18H2,1-4H3;1H/q+1;/p-1. The molecule has 0 atom stereocenters. The third kappa shape index (κ3) is 6.08. The zero-order valence-electron chi connectivity index (χ0n) is 18.4. The van der Waals surface area contributed by atoms with Crippen LogP contribution in [0.1, 0.15) is 47.9 Å². The molecule has 0 saturated carbocycles. The zero-order chi connectivity index (χ0) is 20.9. The summed E-state index contributed by atoms with van der Waals surface area (Å²) in [4.78, 5) is 13.6. The van der Waals surface area contributed by atoms with Crippen molar-refractivity contribution < 1.29 is 42.4 Å². The van der Waals surface area contributed by atoms with E-state index in [1.165, 1.54) is 0 Å². The maximum atomic E-state index is 13.6. The minimum absolute atomic E-state index is 0. The maximum Gasteiger partial charge on any atom is 0.200 e. The van der Waals surface area contributed by atoms with Crippen molar-refractivity contribution in [2.24, 2.45) is 0 Å². The number of hydrogen-bond donors (Lipinski definition) is 0. The summed E-state index contributed by atoms with van der Waals surface area (Å²) in [6.45, 7) is 3.75. The van der Waals surface area contributed by atoms with Crippen LogP contribution >= 0.6 is 0 Å². The monoisotopic (exact) mass is 521 g/mol. The number of unbranched alkanes of at least 4 members (excludes halogenated alkanes) is 1. The molecule has 1 aromatic heterocycles. The van der Waals surface area contributed by atoms with Crippen LogP contribution in [-0.4, -0.2) is 44.6 Å². The molecule has 1 heterocycles. The second-order valence-electron chi connectivity index (χ2n) is 8.54. The quantitative estimate of drug-likeness (QED) is 0.178. The van der Waals surface area contributed by atoms with E-state index in [9.17, 15) is 4.79 Å². The predicted molar refractivity (Wildman–Crippen MR) is 118 cm³/mol. The third-order valence-corrected chi connectivity index (χ3v) is 5.02. The Morgan fingerprint density at radius 2 is 1.70 bits per heavy atom. The van der Waals surface area contributed by atoms with Crippen LogP contribution in [0.3, 0.4) is 0 Å². The van der Waals surface area contributed by atoms with Crippen LogP contribution in [0.25, 0.3) is 11.0 Å². The molecule has 0 unspecified atom stereocenters. The molecular weight excluding hydrogens is 489 g/mol. The molecule has 0 bridgehead atoms. The van der Waals surface area contributed by atoms with Gasteiger partial charge in [-0.05, 0) is 24.6 Å². The minimum Gasteiger partial charge on any atom is -1.00 e. The van der Waals surface area contributed by atoms with E-state index in [4.69, 9.17) is 9.15 Å². The van der Waals surface area contributed by atoms with Crippen molar-refractivity contribution in [3.63, 3.8) is 0 Å². The first-order chi connectivity index (χ1) is 13.9. The number of nitrogens with zero attached hydrogens (tertiary/aromatic N) is 1. The molecule has 0 N–H and O–H groups in total. The molecule has 0 radical (unpaired) electrons. The van der Waals surface area contributed by atoms with Gasteiger partial charge in [-0.15, -0.1) is 0 Å². The van der Waals surface area contributed by atoms with Gasteiger partial charge in [0.1, 0.15) is 17.1 Å². The molecule has 30 heavy (non-hydrogen) atoms. The highest BCUT2D eigenvalue weighted by Gasteiger charge is 2.24. The minimum atomic E-state index is -0.0248. The van der Waals surface area contributed by atoms with Gasteiger partial charge in [0, 0.05) is 18.2 Å². The summed E-state index contributed by atoms with van der Waals surface area (Å²) in [5, 5.41) is 0.878. The third-order valence-electron chi connectivity index (χ3n) is 5.02. The Bertz CT molecular complexity index is 972. The molecule has 0 spiro atoms. The molecule has 2 aromatic carbocycles. The van der Waals surface area contributed by atoms with E-state index in [0.29, 0.717) is 23.5 Å². The number of hydrogen-bond acceptors (Lipinski definition) is 3. The fraction of sp³-hybridized carbons (Fsp3) is 0.400. The molecule has 5 heteroatoms. The van der Waals surface area contributed by atoms with E-state index in [1.807, 2.05) is 48.5 Å². The first-order valence-corrected chi connectivity index (χ1v) is 10.5. The summed E-state index contributed by atoms with van der Waals surface area (Å²) in [7, 11) is 6.50.